The maximum atomic E-state index is 6.76. The van der Waals surface area contributed by atoms with Gasteiger partial charge in [-0.3, -0.25) is 0 Å². The van der Waals surface area contributed by atoms with Crippen LogP contribution in [-0.4, -0.2) is 40.4 Å². The molecule has 3 atom stereocenters. The number of rotatable bonds is 14. The Bertz CT molecular complexity index is 771. The van der Waals surface area contributed by atoms with Gasteiger partial charge in [0, 0.05) is 5.75 Å². The summed E-state index contributed by atoms with van der Waals surface area (Å²) < 4.78 is 8.57. The van der Waals surface area contributed by atoms with E-state index in [1.54, 1.807) is 11.8 Å². The lowest BCUT2D eigenvalue weighted by atomic mass is 10.0. The van der Waals surface area contributed by atoms with Gasteiger partial charge in [-0.1, -0.05) is 83.7 Å². The van der Waals surface area contributed by atoms with Crippen LogP contribution in [0.25, 0.3) is 5.69 Å². The van der Waals surface area contributed by atoms with Crippen LogP contribution in [0.5, 0.6) is 0 Å². The predicted molar refractivity (Wildman–Crippen MR) is 134 cm³/mol. The summed E-state index contributed by atoms with van der Waals surface area (Å²) in [5.74, 6) is 1.98. The number of aromatic nitrogens is 4. The fourth-order valence-corrected chi connectivity index (χ4v) is 7.77. The van der Waals surface area contributed by atoms with Crippen molar-refractivity contribution in [2.24, 2.45) is 11.8 Å². The second-order valence-electron chi connectivity index (χ2n) is 8.46. The average Bonchev–Trinajstić information content (AvgIpc) is 3.28. The number of tetrazole rings is 1. The highest BCUT2D eigenvalue weighted by Gasteiger charge is 2.32. The third-order valence-corrected chi connectivity index (χ3v) is 12.2. The summed E-state index contributed by atoms with van der Waals surface area (Å²) in [7, 11) is -1.56. The highest BCUT2D eigenvalue weighted by atomic mass is 32.2. The first-order chi connectivity index (χ1) is 15.0. The molecule has 0 saturated carbocycles. The second kappa shape index (κ2) is 13.2. The minimum absolute atomic E-state index is 0.336. The summed E-state index contributed by atoms with van der Waals surface area (Å²) >= 11 is 1.72. The maximum absolute atomic E-state index is 6.76. The Morgan fingerprint density at radius 2 is 1.74 bits per heavy atom. The molecule has 0 aliphatic rings. The van der Waals surface area contributed by atoms with Gasteiger partial charge in [-0.05, 0) is 65.4 Å². The van der Waals surface area contributed by atoms with Gasteiger partial charge in [-0.15, -0.1) is 5.10 Å². The van der Waals surface area contributed by atoms with Crippen molar-refractivity contribution in [2.45, 2.75) is 83.8 Å². The Kier molecular flexibility index (Phi) is 11.0. The van der Waals surface area contributed by atoms with Gasteiger partial charge in [0.2, 0.25) is 5.16 Å². The van der Waals surface area contributed by atoms with E-state index in [1.165, 1.54) is 18.1 Å². The lowest BCUT2D eigenvalue weighted by Crippen LogP contribution is -2.41. The van der Waals surface area contributed by atoms with Crippen LogP contribution in [-0.2, 0) is 4.43 Å². The van der Waals surface area contributed by atoms with E-state index in [-0.39, 0.29) is 0 Å². The molecule has 2 aromatic rings. The van der Waals surface area contributed by atoms with Crippen LogP contribution in [0.15, 0.2) is 47.6 Å². The Hall–Kier alpha value is -1.44. The van der Waals surface area contributed by atoms with Crippen molar-refractivity contribution in [3.63, 3.8) is 0 Å². The molecule has 172 valence electrons. The van der Waals surface area contributed by atoms with Crippen molar-refractivity contribution in [1.29, 1.82) is 0 Å². The van der Waals surface area contributed by atoms with E-state index in [0.717, 1.165) is 29.4 Å². The van der Waals surface area contributed by atoms with Gasteiger partial charge in [-0.2, -0.15) is 4.68 Å². The number of nitrogens with zero attached hydrogens (tertiary/aromatic N) is 4. The van der Waals surface area contributed by atoms with Crippen molar-refractivity contribution in [2.75, 3.05) is 5.75 Å². The molecule has 1 aromatic carbocycles. The Morgan fingerprint density at radius 1 is 1.06 bits per heavy atom. The van der Waals surface area contributed by atoms with Crippen LogP contribution in [0.3, 0.4) is 0 Å². The first-order valence-electron chi connectivity index (χ1n) is 11.8. The molecule has 0 aliphatic carbocycles. The van der Waals surface area contributed by atoms with E-state index in [4.69, 9.17) is 4.43 Å². The molecule has 0 unspecified atom stereocenters. The number of allylic oxidation sites excluding steroid dienone is 1. The highest BCUT2D eigenvalue weighted by Crippen LogP contribution is 2.28. The van der Waals surface area contributed by atoms with Crippen LogP contribution in [0.4, 0.5) is 0 Å². The highest BCUT2D eigenvalue weighted by molar-refractivity contribution is 7.99. The summed E-state index contributed by atoms with van der Waals surface area (Å²) in [6.45, 7) is 13.8. The van der Waals surface area contributed by atoms with E-state index in [2.05, 4.69) is 69.2 Å². The molecule has 2 rings (SSSR count). The van der Waals surface area contributed by atoms with E-state index in [9.17, 15) is 0 Å². The summed E-state index contributed by atoms with van der Waals surface area (Å²) in [5, 5.41) is 13.0. The zero-order valence-corrected chi connectivity index (χ0v) is 21.9. The molecule has 0 saturated heterocycles. The zero-order chi connectivity index (χ0) is 22.7. The van der Waals surface area contributed by atoms with Gasteiger partial charge in [-0.25, -0.2) is 0 Å². The van der Waals surface area contributed by atoms with Crippen molar-refractivity contribution in [3.8, 4) is 5.69 Å². The second-order valence-corrected chi connectivity index (χ2v) is 14.2. The van der Waals surface area contributed by atoms with Crippen LogP contribution >= 0.6 is 11.8 Å². The predicted octanol–water partition coefficient (Wildman–Crippen LogP) is 6.77. The molecule has 0 radical (unpaired) electrons. The summed E-state index contributed by atoms with van der Waals surface area (Å²) in [6, 6.07) is 13.7. The molecule has 0 fully saturated rings. The van der Waals surface area contributed by atoms with Crippen LogP contribution < -0.4 is 0 Å². The Balaban J connectivity index is 1.85. The van der Waals surface area contributed by atoms with Gasteiger partial charge in [0.1, 0.15) is 0 Å². The molecular formula is C24H40N4OSSi. The van der Waals surface area contributed by atoms with Crippen molar-refractivity contribution < 1.29 is 4.43 Å². The van der Waals surface area contributed by atoms with E-state index in [1.807, 2.05) is 35.0 Å². The fourth-order valence-electron chi connectivity index (χ4n) is 3.82. The monoisotopic (exact) mass is 460 g/mol. The van der Waals surface area contributed by atoms with Crippen LogP contribution in [0.1, 0.15) is 54.4 Å². The minimum Gasteiger partial charge on any atom is -0.413 e. The molecule has 1 aromatic heterocycles. The first kappa shape index (κ1) is 25.8. The molecular weight excluding hydrogens is 420 g/mol. The van der Waals surface area contributed by atoms with Crippen LogP contribution in [0.2, 0.25) is 18.1 Å². The lowest BCUT2D eigenvalue weighted by molar-refractivity contribution is 0.146. The average molecular weight is 461 g/mol. The molecule has 5 nitrogen and oxygen atoms in total. The number of para-hydroxylation sites is 1. The molecule has 0 aliphatic heterocycles. The molecule has 1 heterocycles. The molecule has 31 heavy (non-hydrogen) atoms. The maximum Gasteiger partial charge on any atom is 0.214 e. The molecule has 0 spiro atoms. The van der Waals surface area contributed by atoms with E-state index >= 15 is 0 Å². The third kappa shape index (κ3) is 7.58. The van der Waals surface area contributed by atoms with Gasteiger partial charge < -0.3 is 4.43 Å². The van der Waals surface area contributed by atoms with Crippen molar-refractivity contribution in [3.05, 3.63) is 42.5 Å². The first-order valence-corrected chi connectivity index (χ1v) is 15.3. The van der Waals surface area contributed by atoms with E-state index < -0.39 is 8.32 Å². The molecule has 0 amide bonds. The smallest absolute Gasteiger partial charge is 0.214 e. The normalized spacial score (nSPS) is 15.3. The van der Waals surface area contributed by atoms with E-state index in [0.29, 0.717) is 17.9 Å². The van der Waals surface area contributed by atoms with Crippen molar-refractivity contribution >= 4 is 20.1 Å². The number of thioether (sulfide) groups is 1. The summed E-state index contributed by atoms with van der Waals surface area (Å²) in [5.41, 5.74) is 0.993. The standard InChI is InChI=1S/C24H40N4OSSi/c1-7-23(29-31(8-2,9-3)10-4)21(6)16-14-15-20(5)19-30-24-25-26-27-28(24)22-17-12-11-13-18-22/h11-14,16-18,20-21,23H,7-10,15,19H2,1-6H3/b16-14+/t20-,21-,23-/m0/s1. The molecule has 0 bridgehead atoms. The summed E-state index contributed by atoms with van der Waals surface area (Å²) in [6.07, 6.45) is 7.17. The molecule has 0 N–H and O–H groups in total. The largest absolute Gasteiger partial charge is 0.413 e. The van der Waals surface area contributed by atoms with Gasteiger partial charge >= 0.3 is 0 Å². The van der Waals surface area contributed by atoms with Gasteiger partial charge in [0.15, 0.2) is 8.32 Å². The van der Waals surface area contributed by atoms with Gasteiger partial charge in [0.05, 0.1) is 11.8 Å². The summed E-state index contributed by atoms with van der Waals surface area (Å²) in [4.78, 5) is 0. The quantitative estimate of drug-likeness (QED) is 0.177. The Morgan fingerprint density at radius 3 is 2.35 bits per heavy atom. The van der Waals surface area contributed by atoms with Gasteiger partial charge in [0.25, 0.3) is 0 Å². The SMILES string of the molecule is CC[C@H](O[Si](CC)(CC)CC)[C@@H](C)/C=C/C[C@H](C)CSc1nnnn1-c1ccccc1. The zero-order valence-electron chi connectivity index (χ0n) is 20.1. The van der Waals surface area contributed by atoms with Crippen molar-refractivity contribution in [1.82, 2.24) is 20.2 Å². The Labute approximate surface area is 194 Å². The number of hydrogen-bond donors (Lipinski definition) is 0. The topological polar surface area (TPSA) is 52.8 Å². The number of benzene rings is 1. The fraction of sp³-hybridized carbons (Fsp3) is 0.625. The number of hydrogen-bond acceptors (Lipinski definition) is 5. The third-order valence-electron chi connectivity index (χ3n) is 6.24. The minimum atomic E-state index is -1.56. The molecule has 7 heteroatoms. The lowest BCUT2D eigenvalue weighted by Gasteiger charge is -2.35. The van der Waals surface area contributed by atoms with Crippen LogP contribution in [0, 0.1) is 11.8 Å².